The zero-order chi connectivity index (χ0) is 10.6. The second-order valence-corrected chi connectivity index (χ2v) is 3.70. The van der Waals surface area contributed by atoms with Gasteiger partial charge in [0, 0.05) is 0 Å². The normalized spacial score (nSPS) is 12.6. The van der Waals surface area contributed by atoms with Crippen LogP contribution >= 0.6 is 11.6 Å². The molecular formula is C10H14ClN2O+. The van der Waals surface area contributed by atoms with E-state index in [1.165, 1.54) is 0 Å². The average Bonchev–Trinajstić information content (AvgIpc) is 2.17. The highest BCUT2D eigenvalue weighted by Gasteiger charge is 2.18. The fourth-order valence-electron chi connectivity index (χ4n) is 1.08. The van der Waals surface area contributed by atoms with Gasteiger partial charge < -0.3 is 0 Å². The number of nitrogens with one attached hydrogen (secondary N) is 2. The highest BCUT2D eigenvalue weighted by molar-refractivity contribution is 6.30. The van der Waals surface area contributed by atoms with Crippen molar-refractivity contribution < 1.29 is 9.80 Å². The summed E-state index contributed by atoms with van der Waals surface area (Å²) in [7, 11) is 3.65. The minimum atomic E-state index is -0.619. The Labute approximate surface area is 88.6 Å². The van der Waals surface area contributed by atoms with Crippen molar-refractivity contribution >= 4 is 17.5 Å². The van der Waals surface area contributed by atoms with Gasteiger partial charge >= 0.3 is 0 Å². The molecule has 1 aromatic rings. The molecule has 1 amide bonds. The van der Waals surface area contributed by atoms with Gasteiger partial charge in [-0.3, -0.25) is 4.79 Å². The minimum absolute atomic E-state index is 0.183. The Kier molecular flexibility index (Phi) is 3.92. The van der Waals surface area contributed by atoms with Gasteiger partial charge in [0.1, 0.15) is 5.38 Å². The minimum Gasteiger partial charge on any atom is -0.268 e. The first-order chi connectivity index (χ1) is 6.61. The SMILES string of the molecule is C[NH+](C)NC(=O)C(Cl)c1ccccc1. The van der Waals surface area contributed by atoms with Crippen LogP contribution in [0.2, 0.25) is 0 Å². The molecule has 0 aliphatic rings. The topological polar surface area (TPSA) is 33.5 Å². The summed E-state index contributed by atoms with van der Waals surface area (Å²) in [5, 5.41) is 0.225. The van der Waals surface area contributed by atoms with Crippen LogP contribution in [0.3, 0.4) is 0 Å². The van der Waals surface area contributed by atoms with Gasteiger partial charge in [-0.25, -0.2) is 10.4 Å². The second kappa shape index (κ2) is 4.98. The number of amides is 1. The molecule has 0 heterocycles. The molecule has 3 nitrogen and oxygen atoms in total. The summed E-state index contributed by atoms with van der Waals surface area (Å²) in [5.41, 5.74) is 3.50. The predicted molar refractivity (Wildman–Crippen MR) is 56.0 cm³/mol. The van der Waals surface area contributed by atoms with E-state index >= 15 is 0 Å². The summed E-state index contributed by atoms with van der Waals surface area (Å²) in [4.78, 5) is 11.5. The molecule has 0 saturated heterocycles. The number of halogens is 1. The third kappa shape index (κ3) is 3.01. The molecule has 1 unspecified atom stereocenters. The molecule has 0 aromatic heterocycles. The van der Waals surface area contributed by atoms with Crippen LogP contribution in [0, 0.1) is 0 Å². The summed E-state index contributed by atoms with van der Waals surface area (Å²) in [6, 6.07) is 9.29. The first-order valence-corrected chi connectivity index (χ1v) is 4.85. The van der Waals surface area contributed by atoms with E-state index in [2.05, 4.69) is 5.43 Å². The second-order valence-electron chi connectivity index (χ2n) is 3.26. The number of benzene rings is 1. The molecule has 0 radical (unpaired) electrons. The van der Waals surface area contributed by atoms with E-state index in [9.17, 15) is 4.79 Å². The lowest BCUT2D eigenvalue weighted by molar-refractivity contribution is -0.896. The number of hydrogen-bond acceptors (Lipinski definition) is 1. The zero-order valence-electron chi connectivity index (χ0n) is 8.25. The summed E-state index contributed by atoms with van der Waals surface area (Å²) >= 11 is 5.98. The zero-order valence-corrected chi connectivity index (χ0v) is 9.01. The Morgan fingerprint density at radius 3 is 2.43 bits per heavy atom. The number of hydrogen-bond donors (Lipinski definition) is 2. The molecule has 0 aliphatic heterocycles. The van der Waals surface area contributed by atoms with Gasteiger partial charge in [-0.15, -0.1) is 11.6 Å². The first-order valence-electron chi connectivity index (χ1n) is 4.41. The molecule has 1 rings (SSSR count). The Hall–Kier alpha value is -1.06. The van der Waals surface area contributed by atoms with Gasteiger partial charge in [-0.1, -0.05) is 30.3 Å². The van der Waals surface area contributed by atoms with Crippen LogP contribution in [0.4, 0.5) is 0 Å². The van der Waals surface area contributed by atoms with Gasteiger partial charge in [-0.2, -0.15) is 0 Å². The van der Waals surface area contributed by atoms with Crippen LogP contribution in [-0.2, 0) is 4.79 Å². The van der Waals surface area contributed by atoms with Gasteiger partial charge in [0.25, 0.3) is 5.91 Å². The van der Waals surface area contributed by atoms with Crippen molar-refractivity contribution in [1.82, 2.24) is 5.43 Å². The largest absolute Gasteiger partial charge is 0.287 e. The van der Waals surface area contributed by atoms with Gasteiger partial charge in [0.05, 0.1) is 14.1 Å². The summed E-state index contributed by atoms with van der Waals surface area (Å²) < 4.78 is 0. The van der Waals surface area contributed by atoms with E-state index in [1.54, 1.807) is 0 Å². The molecule has 0 spiro atoms. The number of rotatable bonds is 3. The molecule has 1 atom stereocenters. The third-order valence-electron chi connectivity index (χ3n) is 1.70. The maximum absolute atomic E-state index is 11.5. The van der Waals surface area contributed by atoms with Crippen molar-refractivity contribution in [2.75, 3.05) is 14.1 Å². The number of alkyl halides is 1. The van der Waals surface area contributed by atoms with Crippen LogP contribution in [0.15, 0.2) is 30.3 Å². The van der Waals surface area contributed by atoms with Crippen LogP contribution in [-0.4, -0.2) is 20.0 Å². The average molecular weight is 214 g/mol. The van der Waals surface area contributed by atoms with Gasteiger partial charge in [0.15, 0.2) is 0 Å². The van der Waals surface area contributed by atoms with E-state index in [0.717, 1.165) is 10.6 Å². The molecule has 1 aromatic carbocycles. The number of quaternary nitrogens is 1. The van der Waals surface area contributed by atoms with E-state index in [1.807, 2.05) is 44.4 Å². The van der Waals surface area contributed by atoms with Crippen molar-refractivity contribution in [2.24, 2.45) is 0 Å². The molecule has 14 heavy (non-hydrogen) atoms. The predicted octanol–water partition coefficient (Wildman–Crippen LogP) is 0.142. The van der Waals surface area contributed by atoms with E-state index in [4.69, 9.17) is 11.6 Å². The Morgan fingerprint density at radius 1 is 1.36 bits per heavy atom. The Bertz CT molecular complexity index is 300. The van der Waals surface area contributed by atoms with E-state index in [-0.39, 0.29) is 5.91 Å². The van der Waals surface area contributed by atoms with Crippen LogP contribution < -0.4 is 10.4 Å². The fraction of sp³-hybridized carbons (Fsp3) is 0.300. The summed E-state index contributed by atoms with van der Waals surface area (Å²) in [6.07, 6.45) is 0. The van der Waals surface area contributed by atoms with Crippen molar-refractivity contribution in [3.63, 3.8) is 0 Å². The molecule has 0 fully saturated rings. The molecule has 0 saturated carbocycles. The maximum atomic E-state index is 11.5. The molecular weight excluding hydrogens is 200 g/mol. The van der Waals surface area contributed by atoms with E-state index in [0.29, 0.717) is 0 Å². The smallest absolute Gasteiger partial charge is 0.268 e. The monoisotopic (exact) mass is 213 g/mol. The van der Waals surface area contributed by atoms with E-state index < -0.39 is 5.38 Å². The standard InChI is InChI=1S/C10H13ClN2O/c1-13(2)12-10(14)9(11)8-6-4-3-5-7-8/h3-7,9H,1-2H3,(H,12,14)/p+1. The van der Waals surface area contributed by atoms with Crippen molar-refractivity contribution in [1.29, 1.82) is 0 Å². The lowest BCUT2D eigenvalue weighted by Gasteiger charge is -2.12. The first kappa shape index (κ1) is 11.0. The van der Waals surface area contributed by atoms with Crippen molar-refractivity contribution in [3.05, 3.63) is 35.9 Å². The molecule has 0 bridgehead atoms. The van der Waals surface area contributed by atoms with Crippen molar-refractivity contribution in [3.8, 4) is 0 Å². The lowest BCUT2D eigenvalue weighted by atomic mass is 10.1. The van der Waals surface area contributed by atoms with Gasteiger partial charge in [-0.05, 0) is 5.56 Å². The summed E-state index contributed by atoms with van der Waals surface area (Å²) in [6.45, 7) is 0. The number of carbonyl (C=O) groups is 1. The third-order valence-corrected chi connectivity index (χ3v) is 2.15. The summed E-state index contributed by atoms with van der Waals surface area (Å²) in [5.74, 6) is -0.183. The van der Waals surface area contributed by atoms with Gasteiger partial charge in [0.2, 0.25) is 0 Å². The van der Waals surface area contributed by atoms with Crippen LogP contribution in [0.1, 0.15) is 10.9 Å². The number of carbonyl (C=O) groups excluding carboxylic acids is 1. The van der Waals surface area contributed by atoms with Crippen LogP contribution in [0.5, 0.6) is 0 Å². The molecule has 0 aliphatic carbocycles. The van der Waals surface area contributed by atoms with Crippen LogP contribution in [0.25, 0.3) is 0 Å². The van der Waals surface area contributed by atoms with Crippen molar-refractivity contribution in [2.45, 2.75) is 5.38 Å². The quantitative estimate of drug-likeness (QED) is 0.544. The highest BCUT2D eigenvalue weighted by Crippen LogP contribution is 2.19. The Balaban J connectivity index is 2.66. The lowest BCUT2D eigenvalue weighted by Crippen LogP contribution is -3.13. The molecule has 4 heteroatoms. The Morgan fingerprint density at radius 2 is 1.93 bits per heavy atom. The molecule has 2 N–H and O–H groups in total. The highest BCUT2D eigenvalue weighted by atomic mass is 35.5. The molecule has 76 valence electrons. The maximum Gasteiger partial charge on any atom is 0.287 e. The fourth-order valence-corrected chi connectivity index (χ4v) is 1.28.